The number of benzene rings is 2. The Bertz CT molecular complexity index is 1320. The summed E-state index contributed by atoms with van der Waals surface area (Å²) in [5.41, 5.74) is 12.1. The van der Waals surface area contributed by atoms with Crippen LogP contribution in [0.3, 0.4) is 0 Å². The third-order valence-corrected chi connectivity index (χ3v) is 4.93. The fourth-order valence-electron chi connectivity index (χ4n) is 3.63. The number of hydrogen-bond donors (Lipinski definition) is 2. The van der Waals surface area contributed by atoms with Gasteiger partial charge in [0.15, 0.2) is 5.65 Å². The zero-order valence-corrected chi connectivity index (χ0v) is 14.8. The van der Waals surface area contributed by atoms with Crippen molar-refractivity contribution in [2.45, 2.75) is 6.54 Å². The van der Waals surface area contributed by atoms with Gasteiger partial charge in [-0.2, -0.15) is 0 Å². The van der Waals surface area contributed by atoms with Gasteiger partial charge in [-0.25, -0.2) is 15.0 Å². The van der Waals surface area contributed by atoms with Crippen LogP contribution >= 0.6 is 0 Å². The van der Waals surface area contributed by atoms with Crippen molar-refractivity contribution in [3.8, 4) is 11.4 Å². The molecule has 0 bridgehead atoms. The van der Waals surface area contributed by atoms with E-state index in [1.807, 2.05) is 64.7 Å². The Morgan fingerprint density at radius 3 is 2.30 bits per heavy atom. The minimum atomic E-state index is -0.0372. The largest absolute Gasteiger partial charge is 0.395 e. The molecule has 0 radical (unpaired) electrons. The molecule has 3 heterocycles. The van der Waals surface area contributed by atoms with Gasteiger partial charge in [-0.15, -0.1) is 0 Å². The van der Waals surface area contributed by atoms with E-state index in [1.54, 1.807) is 0 Å². The van der Waals surface area contributed by atoms with Crippen molar-refractivity contribution in [3.05, 3.63) is 48.5 Å². The molecule has 0 amide bonds. The molecule has 0 aliphatic rings. The van der Waals surface area contributed by atoms with Crippen LogP contribution in [0.15, 0.2) is 48.5 Å². The van der Waals surface area contributed by atoms with Crippen molar-refractivity contribution in [3.63, 3.8) is 0 Å². The van der Waals surface area contributed by atoms with E-state index in [9.17, 15) is 5.11 Å². The zero-order valence-electron chi connectivity index (χ0n) is 14.8. The van der Waals surface area contributed by atoms with Crippen LogP contribution in [0.25, 0.3) is 44.6 Å². The first-order chi connectivity index (χ1) is 13.2. The molecule has 134 valence electrons. The number of nitrogens with two attached hydrogens (primary N) is 1. The molecule has 7 nitrogen and oxygen atoms in total. The van der Waals surface area contributed by atoms with Crippen molar-refractivity contribution in [2.75, 3.05) is 12.3 Å². The predicted octanol–water partition coefficient (Wildman–Crippen LogP) is 2.71. The highest BCUT2D eigenvalue weighted by atomic mass is 16.3. The lowest BCUT2D eigenvalue weighted by Gasteiger charge is -2.05. The zero-order chi connectivity index (χ0) is 18.5. The van der Waals surface area contributed by atoms with E-state index in [0.29, 0.717) is 23.5 Å². The van der Waals surface area contributed by atoms with Gasteiger partial charge in [-0.3, -0.25) is 0 Å². The number of imidazole rings is 1. The molecule has 0 saturated carbocycles. The van der Waals surface area contributed by atoms with Crippen LogP contribution in [0.4, 0.5) is 5.82 Å². The Hall–Kier alpha value is -3.45. The Morgan fingerprint density at radius 1 is 0.926 bits per heavy atom. The van der Waals surface area contributed by atoms with Crippen molar-refractivity contribution in [1.82, 2.24) is 24.1 Å². The summed E-state index contributed by atoms with van der Waals surface area (Å²) in [6, 6.07) is 15.7. The maximum Gasteiger partial charge on any atom is 0.161 e. The molecule has 0 aliphatic carbocycles. The molecule has 0 fully saturated rings. The van der Waals surface area contributed by atoms with E-state index >= 15 is 0 Å². The Kier molecular flexibility index (Phi) is 3.38. The fraction of sp³-hybridized carbons (Fsp3) is 0.150. The number of hydrogen-bond acceptors (Lipinski definition) is 5. The lowest BCUT2D eigenvalue weighted by Crippen LogP contribution is -2.07. The van der Waals surface area contributed by atoms with Crippen molar-refractivity contribution >= 4 is 39.0 Å². The minimum absolute atomic E-state index is 0.0372. The summed E-state index contributed by atoms with van der Waals surface area (Å²) in [5, 5.41) is 9.52. The van der Waals surface area contributed by atoms with Gasteiger partial charge >= 0.3 is 0 Å². The summed E-state index contributed by atoms with van der Waals surface area (Å²) in [7, 11) is 1.97. The number of anilines is 1. The molecule has 2 aromatic carbocycles. The Balaban J connectivity index is 1.91. The van der Waals surface area contributed by atoms with E-state index in [2.05, 4.69) is 0 Å². The predicted molar refractivity (Wildman–Crippen MR) is 106 cm³/mol. The number of aliphatic hydroxyl groups excluding tert-OH is 1. The number of aromatic nitrogens is 5. The molecule has 3 aromatic heterocycles. The van der Waals surface area contributed by atoms with Gasteiger partial charge in [0.05, 0.1) is 34.2 Å². The fourth-order valence-corrected chi connectivity index (χ4v) is 3.63. The third-order valence-electron chi connectivity index (χ3n) is 4.93. The van der Waals surface area contributed by atoms with Crippen LogP contribution in [0, 0.1) is 0 Å². The lowest BCUT2D eigenvalue weighted by molar-refractivity contribution is 0.278. The van der Waals surface area contributed by atoms with Crippen LogP contribution in [0.1, 0.15) is 0 Å². The van der Waals surface area contributed by atoms with Gasteiger partial charge in [-0.05, 0) is 24.3 Å². The second-order valence-electron chi connectivity index (χ2n) is 6.50. The number of aryl methyl sites for hydroxylation is 1. The smallest absolute Gasteiger partial charge is 0.161 e. The molecule has 3 N–H and O–H groups in total. The first-order valence-electron chi connectivity index (χ1n) is 8.76. The summed E-state index contributed by atoms with van der Waals surface area (Å²) in [6.45, 7) is 0.309. The van der Waals surface area contributed by atoms with Gasteiger partial charge in [0.2, 0.25) is 0 Å². The van der Waals surface area contributed by atoms with Crippen LogP contribution < -0.4 is 5.73 Å². The molecule has 5 aromatic rings. The molecule has 0 atom stereocenters. The minimum Gasteiger partial charge on any atom is -0.395 e. The van der Waals surface area contributed by atoms with Crippen molar-refractivity contribution in [1.29, 1.82) is 0 Å². The lowest BCUT2D eigenvalue weighted by atomic mass is 10.2. The van der Waals surface area contributed by atoms with E-state index in [-0.39, 0.29) is 6.61 Å². The number of fused-ring (bicyclic) bond motifs is 3. The first kappa shape index (κ1) is 15.8. The summed E-state index contributed by atoms with van der Waals surface area (Å²) >= 11 is 0. The van der Waals surface area contributed by atoms with Gasteiger partial charge in [0.25, 0.3) is 0 Å². The Morgan fingerprint density at radius 2 is 1.59 bits per heavy atom. The van der Waals surface area contributed by atoms with Gasteiger partial charge in [0, 0.05) is 13.6 Å². The van der Waals surface area contributed by atoms with E-state index < -0.39 is 0 Å². The summed E-state index contributed by atoms with van der Waals surface area (Å²) < 4.78 is 3.82. The standard InChI is InChI=1S/C20H18N6O/c1-25-15-9-5-4-8-14(15)24-19(25)16-17-20(26(10-11-27)18(16)21)23-13-7-3-2-6-12(13)22-17/h2-9,27H,10-11,21H2,1H3. The van der Waals surface area contributed by atoms with Crippen LogP contribution in [-0.2, 0) is 13.6 Å². The number of aliphatic hydroxyl groups is 1. The second kappa shape index (κ2) is 5.78. The van der Waals surface area contributed by atoms with Crippen molar-refractivity contribution < 1.29 is 5.11 Å². The number of para-hydroxylation sites is 4. The van der Waals surface area contributed by atoms with E-state index in [4.69, 9.17) is 20.7 Å². The number of nitrogen functional groups attached to an aromatic ring is 1. The maximum atomic E-state index is 9.52. The average Bonchev–Trinajstić information content (AvgIpc) is 3.15. The summed E-state index contributed by atoms with van der Waals surface area (Å²) in [4.78, 5) is 14.4. The second-order valence-corrected chi connectivity index (χ2v) is 6.50. The summed E-state index contributed by atoms with van der Waals surface area (Å²) in [6.07, 6.45) is 0. The number of rotatable bonds is 3. The van der Waals surface area contributed by atoms with E-state index in [1.165, 1.54) is 0 Å². The van der Waals surface area contributed by atoms with Gasteiger partial charge in [0.1, 0.15) is 17.2 Å². The Labute approximate surface area is 154 Å². The van der Waals surface area contributed by atoms with Crippen LogP contribution in [0.2, 0.25) is 0 Å². The van der Waals surface area contributed by atoms with Crippen molar-refractivity contribution in [2.24, 2.45) is 7.05 Å². The highest BCUT2D eigenvalue weighted by Crippen LogP contribution is 2.36. The quantitative estimate of drug-likeness (QED) is 0.517. The normalized spacial score (nSPS) is 11.8. The molecule has 0 spiro atoms. The van der Waals surface area contributed by atoms with E-state index in [0.717, 1.165) is 33.5 Å². The highest BCUT2D eigenvalue weighted by Gasteiger charge is 2.23. The highest BCUT2D eigenvalue weighted by molar-refractivity contribution is 6.01. The monoisotopic (exact) mass is 358 g/mol. The topological polar surface area (TPSA) is 94.8 Å². The summed E-state index contributed by atoms with van der Waals surface area (Å²) in [5.74, 6) is 1.24. The molecular weight excluding hydrogens is 340 g/mol. The number of nitrogens with zero attached hydrogens (tertiary/aromatic N) is 5. The molecule has 7 heteroatoms. The van der Waals surface area contributed by atoms with Gasteiger partial charge in [-0.1, -0.05) is 24.3 Å². The molecular formula is C20H18N6O. The van der Waals surface area contributed by atoms with Crippen LogP contribution in [0.5, 0.6) is 0 Å². The third kappa shape index (κ3) is 2.22. The molecule has 0 saturated heterocycles. The molecule has 27 heavy (non-hydrogen) atoms. The average molecular weight is 358 g/mol. The molecule has 0 aliphatic heterocycles. The SMILES string of the molecule is Cn1c(-c2c(N)n(CCO)c3nc4ccccc4nc23)nc2ccccc21. The first-order valence-corrected chi connectivity index (χ1v) is 8.76. The van der Waals surface area contributed by atoms with Crippen LogP contribution in [-0.4, -0.2) is 35.8 Å². The molecule has 0 unspecified atom stereocenters. The van der Waals surface area contributed by atoms with Gasteiger partial charge < -0.3 is 20.0 Å². The molecule has 5 rings (SSSR count). The maximum absolute atomic E-state index is 9.52.